The van der Waals surface area contributed by atoms with E-state index in [1.54, 1.807) is 0 Å². The fraction of sp³-hybridized carbons (Fsp3) is 0.750. The van der Waals surface area contributed by atoms with Gasteiger partial charge in [0.1, 0.15) is 5.78 Å². The van der Waals surface area contributed by atoms with E-state index in [4.69, 9.17) is 0 Å². The SMILES string of the molecule is CCN(CC)CC(=O)CCN1C(=O)CCC1=O. The van der Waals surface area contributed by atoms with Gasteiger partial charge in [0.25, 0.3) is 0 Å². The van der Waals surface area contributed by atoms with Crippen molar-refractivity contribution in [2.75, 3.05) is 26.2 Å². The van der Waals surface area contributed by atoms with Gasteiger partial charge in [-0.2, -0.15) is 0 Å². The van der Waals surface area contributed by atoms with E-state index in [-0.39, 0.29) is 30.6 Å². The molecule has 0 N–H and O–H groups in total. The number of carbonyl (C=O) groups excluding carboxylic acids is 3. The van der Waals surface area contributed by atoms with Crippen molar-refractivity contribution in [3.63, 3.8) is 0 Å². The molecule has 0 radical (unpaired) electrons. The monoisotopic (exact) mass is 240 g/mol. The second kappa shape index (κ2) is 6.49. The summed E-state index contributed by atoms with van der Waals surface area (Å²) in [5.41, 5.74) is 0. The smallest absolute Gasteiger partial charge is 0.229 e. The van der Waals surface area contributed by atoms with Gasteiger partial charge in [0.2, 0.25) is 11.8 Å². The molecule has 5 heteroatoms. The quantitative estimate of drug-likeness (QED) is 0.606. The second-order valence-corrected chi connectivity index (χ2v) is 4.19. The highest BCUT2D eigenvalue weighted by atomic mass is 16.2. The molecule has 0 spiro atoms. The van der Waals surface area contributed by atoms with Crippen molar-refractivity contribution in [2.24, 2.45) is 0 Å². The zero-order valence-electron chi connectivity index (χ0n) is 10.6. The standard InChI is InChI=1S/C12H20N2O3/c1-3-13(4-2)9-10(15)7-8-14-11(16)5-6-12(14)17/h3-9H2,1-2H3. The van der Waals surface area contributed by atoms with Crippen LogP contribution in [0.25, 0.3) is 0 Å². The molecule has 0 aromatic carbocycles. The van der Waals surface area contributed by atoms with Crippen molar-refractivity contribution in [2.45, 2.75) is 33.1 Å². The first kappa shape index (κ1) is 13.8. The summed E-state index contributed by atoms with van der Waals surface area (Å²) >= 11 is 0. The molecule has 1 saturated heterocycles. The topological polar surface area (TPSA) is 57.7 Å². The highest BCUT2D eigenvalue weighted by Gasteiger charge is 2.28. The Balaban J connectivity index is 2.32. The first-order chi connectivity index (χ1) is 8.08. The molecule has 0 aromatic rings. The van der Waals surface area contributed by atoms with E-state index in [1.165, 1.54) is 4.90 Å². The first-order valence-electron chi connectivity index (χ1n) is 6.15. The largest absolute Gasteiger partial charge is 0.298 e. The number of likely N-dealkylation sites (N-methyl/N-ethyl adjacent to an activating group) is 1. The molecule has 1 fully saturated rings. The fourth-order valence-electron chi connectivity index (χ4n) is 1.88. The summed E-state index contributed by atoms with van der Waals surface area (Å²) in [7, 11) is 0. The molecule has 1 aliphatic heterocycles. The Hall–Kier alpha value is -1.23. The average molecular weight is 240 g/mol. The van der Waals surface area contributed by atoms with Gasteiger partial charge in [0, 0.05) is 25.8 Å². The van der Waals surface area contributed by atoms with Crippen molar-refractivity contribution in [1.82, 2.24) is 9.80 Å². The zero-order valence-corrected chi connectivity index (χ0v) is 10.6. The highest BCUT2D eigenvalue weighted by molar-refractivity contribution is 6.02. The minimum atomic E-state index is -0.148. The molecular weight excluding hydrogens is 220 g/mol. The molecule has 1 heterocycles. The summed E-state index contributed by atoms with van der Waals surface area (Å²) < 4.78 is 0. The molecule has 0 aliphatic carbocycles. The number of rotatable bonds is 7. The van der Waals surface area contributed by atoms with Gasteiger partial charge in [-0.25, -0.2) is 0 Å². The number of hydrogen-bond acceptors (Lipinski definition) is 4. The second-order valence-electron chi connectivity index (χ2n) is 4.19. The zero-order chi connectivity index (χ0) is 12.8. The van der Waals surface area contributed by atoms with Gasteiger partial charge in [-0.3, -0.25) is 24.2 Å². The third-order valence-corrected chi connectivity index (χ3v) is 3.06. The maximum absolute atomic E-state index is 11.7. The van der Waals surface area contributed by atoms with E-state index in [9.17, 15) is 14.4 Å². The van der Waals surface area contributed by atoms with Crippen LogP contribution in [0.2, 0.25) is 0 Å². The van der Waals surface area contributed by atoms with Crippen LogP contribution in [-0.4, -0.2) is 53.6 Å². The molecular formula is C12H20N2O3. The summed E-state index contributed by atoms with van der Waals surface area (Å²) in [6.45, 7) is 6.34. The molecule has 2 amide bonds. The third kappa shape index (κ3) is 3.93. The Bertz CT molecular complexity index is 295. The van der Waals surface area contributed by atoms with Gasteiger partial charge < -0.3 is 0 Å². The molecule has 1 rings (SSSR count). The van der Waals surface area contributed by atoms with Crippen LogP contribution in [0.4, 0.5) is 0 Å². The summed E-state index contributed by atoms with van der Waals surface area (Å²) in [5.74, 6) is -0.211. The van der Waals surface area contributed by atoms with E-state index in [1.807, 2.05) is 18.7 Å². The minimum Gasteiger partial charge on any atom is -0.298 e. The number of amides is 2. The Labute approximate surface area is 102 Å². The molecule has 0 bridgehead atoms. The molecule has 0 aromatic heterocycles. The van der Waals surface area contributed by atoms with Gasteiger partial charge in [-0.15, -0.1) is 0 Å². The van der Waals surface area contributed by atoms with Crippen molar-refractivity contribution in [3.8, 4) is 0 Å². The van der Waals surface area contributed by atoms with Crippen molar-refractivity contribution >= 4 is 17.6 Å². The predicted molar refractivity (Wildman–Crippen MR) is 63.4 cm³/mol. The van der Waals surface area contributed by atoms with Crippen LogP contribution in [0, 0.1) is 0 Å². The Kier molecular flexibility index (Phi) is 5.28. The molecule has 0 unspecified atom stereocenters. The lowest BCUT2D eigenvalue weighted by Crippen LogP contribution is -2.34. The van der Waals surface area contributed by atoms with Crippen LogP contribution in [0.3, 0.4) is 0 Å². The predicted octanol–water partition coefficient (Wildman–Crippen LogP) is 0.436. The molecule has 1 aliphatic rings. The number of imide groups is 1. The third-order valence-electron chi connectivity index (χ3n) is 3.06. The highest BCUT2D eigenvalue weighted by Crippen LogP contribution is 2.11. The minimum absolute atomic E-state index is 0.0844. The Morgan fingerprint density at radius 1 is 1.18 bits per heavy atom. The van der Waals surface area contributed by atoms with Gasteiger partial charge in [0.15, 0.2) is 0 Å². The Morgan fingerprint density at radius 2 is 1.71 bits per heavy atom. The van der Waals surface area contributed by atoms with Crippen LogP contribution in [-0.2, 0) is 14.4 Å². The van der Waals surface area contributed by atoms with Crippen molar-refractivity contribution in [1.29, 1.82) is 0 Å². The lowest BCUT2D eigenvalue weighted by atomic mass is 10.2. The van der Waals surface area contributed by atoms with E-state index in [2.05, 4.69) is 0 Å². The summed E-state index contributed by atoms with van der Waals surface area (Å²) in [6, 6.07) is 0. The number of nitrogens with zero attached hydrogens (tertiary/aromatic N) is 2. The van der Waals surface area contributed by atoms with Gasteiger partial charge in [-0.1, -0.05) is 13.8 Å². The number of Topliss-reactive ketones (excluding diaryl/α,β-unsaturated/α-hetero) is 1. The van der Waals surface area contributed by atoms with Gasteiger partial charge >= 0.3 is 0 Å². The molecule has 0 atom stereocenters. The van der Waals surface area contributed by atoms with Crippen molar-refractivity contribution < 1.29 is 14.4 Å². The normalized spacial score (nSPS) is 16.1. The number of carbonyl (C=O) groups is 3. The van der Waals surface area contributed by atoms with E-state index in [0.29, 0.717) is 19.4 Å². The van der Waals surface area contributed by atoms with Gasteiger partial charge in [-0.05, 0) is 13.1 Å². The molecule has 0 saturated carbocycles. The van der Waals surface area contributed by atoms with Crippen LogP contribution in [0.5, 0.6) is 0 Å². The molecule has 17 heavy (non-hydrogen) atoms. The van der Waals surface area contributed by atoms with Gasteiger partial charge in [0.05, 0.1) is 6.54 Å². The maximum atomic E-state index is 11.7. The first-order valence-corrected chi connectivity index (χ1v) is 6.15. The van der Waals surface area contributed by atoms with Crippen LogP contribution < -0.4 is 0 Å². The number of hydrogen-bond donors (Lipinski definition) is 0. The summed E-state index contributed by atoms with van der Waals surface area (Å²) in [5, 5.41) is 0. The average Bonchev–Trinajstić information content (AvgIpc) is 2.63. The summed E-state index contributed by atoms with van der Waals surface area (Å²) in [6.07, 6.45) is 0.861. The van der Waals surface area contributed by atoms with Crippen LogP contribution >= 0.6 is 0 Å². The Morgan fingerprint density at radius 3 is 2.18 bits per heavy atom. The fourth-order valence-corrected chi connectivity index (χ4v) is 1.88. The summed E-state index contributed by atoms with van der Waals surface area (Å²) in [4.78, 5) is 37.5. The maximum Gasteiger partial charge on any atom is 0.229 e. The van der Waals surface area contributed by atoms with Crippen molar-refractivity contribution in [3.05, 3.63) is 0 Å². The van der Waals surface area contributed by atoms with Crippen LogP contribution in [0.15, 0.2) is 0 Å². The van der Waals surface area contributed by atoms with E-state index < -0.39 is 0 Å². The van der Waals surface area contributed by atoms with E-state index >= 15 is 0 Å². The number of likely N-dealkylation sites (tertiary alicyclic amines) is 1. The molecule has 96 valence electrons. The number of ketones is 1. The molecule has 5 nitrogen and oxygen atoms in total. The van der Waals surface area contributed by atoms with Crippen LogP contribution in [0.1, 0.15) is 33.1 Å². The lowest BCUT2D eigenvalue weighted by Gasteiger charge is -2.18. The van der Waals surface area contributed by atoms with E-state index in [0.717, 1.165) is 13.1 Å². The lowest BCUT2D eigenvalue weighted by molar-refractivity contribution is -0.138.